The Balaban J connectivity index is 1.48. The normalized spacial score (nSPS) is 15.1. The molecule has 1 atom stereocenters. The van der Waals surface area contributed by atoms with E-state index in [-0.39, 0.29) is 5.69 Å². The van der Waals surface area contributed by atoms with Crippen LogP contribution in [0.1, 0.15) is 17.4 Å². The molecule has 1 aromatic carbocycles. The SMILES string of the molecule is CC(Oc1ccc(F)cc1)C(=O)NNC(=O)c1csc(N2CCOCC2)n1. The van der Waals surface area contributed by atoms with Gasteiger partial charge in [-0.25, -0.2) is 9.37 Å². The number of hydrogen-bond acceptors (Lipinski definition) is 7. The summed E-state index contributed by atoms with van der Waals surface area (Å²) in [6, 6.07) is 5.30. The van der Waals surface area contributed by atoms with Crippen LogP contribution < -0.4 is 20.5 Å². The number of anilines is 1. The standard InChI is InChI=1S/C17H19FN4O4S/c1-11(26-13-4-2-12(18)3-5-13)15(23)20-21-16(24)14-10-27-17(19-14)22-6-8-25-9-7-22/h2-5,10-11H,6-9H2,1H3,(H,20,23)(H,21,24). The second kappa shape index (κ2) is 8.78. The Morgan fingerprint density at radius 2 is 1.96 bits per heavy atom. The highest BCUT2D eigenvalue weighted by Gasteiger charge is 2.19. The molecule has 2 heterocycles. The minimum absolute atomic E-state index is 0.217. The third-order valence-corrected chi connectivity index (χ3v) is 4.70. The molecule has 0 radical (unpaired) electrons. The first kappa shape index (κ1) is 19.1. The molecule has 0 saturated carbocycles. The Kier molecular flexibility index (Phi) is 6.20. The number of nitrogens with one attached hydrogen (secondary N) is 2. The molecule has 144 valence electrons. The third-order valence-electron chi connectivity index (χ3n) is 3.80. The quantitative estimate of drug-likeness (QED) is 0.744. The molecule has 10 heteroatoms. The predicted molar refractivity (Wildman–Crippen MR) is 97.2 cm³/mol. The van der Waals surface area contributed by atoms with Gasteiger partial charge in [0.1, 0.15) is 17.3 Å². The number of hydrogen-bond donors (Lipinski definition) is 2. The van der Waals surface area contributed by atoms with E-state index in [1.54, 1.807) is 5.38 Å². The molecule has 0 bridgehead atoms. The molecular formula is C17H19FN4O4S. The molecular weight excluding hydrogens is 375 g/mol. The lowest BCUT2D eigenvalue weighted by atomic mass is 10.3. The van der Waals surface area contributed by atoms with Gasteiger partial charge in [0.05, 0.1) is 13.2 Å². The Labute approximate surface area is 159 Å². The van der Waals surface area contributed by atoms with Crippen molar-refractivity contribution in [2.24, 2.45) is 0 Å². The number of thiazole rings is 1. The molecule has 27 heavy (non-hydrogen) atoms. The van der Waals surface area contributed by atoms with Gasteiger partial charge in [-0.1, -0.05) is 0 Å². The molecule has 2 aromatic rings. The maximum absolute atomic E-state index is 12.9. The van der Waals surface area contributed by atoms with Gasteiger partial charge in [-0.05, 0) is 31.2 Å². The van der Waals surface area contributed by atoms with Crippen molar-refractivity contribution in [3.05, 3.63) is 41.2 Å². The Bertz CT molecular complexity index is 792. The summed E-state index contributed by atoms with van der Waals surface area (Å²) >= 11 is 1.36. The van der Waals surface area contributed by atoms with Crippen molar-refractivity contribution < 1.29 is 23.5 Å². The zero-order valence-electron chi connectivity index (χ0n) is 14.6. The summed E-state index contributed by atoms with van der Waals surface area (Å²) < 4.78 is 23.6. The van der Waals surface area contributed by atoms with Crippen molar-refractivity contribution in [1.29, 1.82) is 0 Å². The van der Waals surface area contributed by atoms with E-state index >= 15 is 0 Å². The maximum atomic E-state index is 12.9. The highest BCUT2D eigenvalue weighted by atomic mass is 32.1. The third kappa shape index (κ3) is 5.14. The van der Waals surface area contributed by atoms with Gasteiger partial charge in [0.15, 0.2) is 11.2 Å². The number of benzene rings is 1. The van der Waals surface area contributed by atoms with Gasteiger partial charge in [0.25, 0.3) is 11.8 Å². The van der Waals surface area contributed by atoms with E-state index < -0.39 is 23.7 Å². The second-order valence-corrected chi connectivity index (χ2v) is 6.61. The minimum atomic E-state index is -0.880. The Morgan fingerprint density at radius 1 is 1.26 bits per heavy atom. The fourth-order valence-electron chi connectivity index (χ4n) is 2.32. The number of amides is 2. The highest BCUT2D eigenvalue weighted by Crippen LogP contribution is 2.21. The van der Waals surface area contributed by atoms with Gasteiger partial charge < -0.3 is 14.4 Å². The molecule has 1 aliphatic heterocycles. The molecule has 1 fully saturated rings. The molecule has 0 aliphatic carbocycles. The van der Waals surface area contributed by atoms with Crippen molar-refractivity contribution in [2.75, 3.05) is 31.2 Å². The fourth-order valence-corrected chi connectivity index (χ4v) is 3.18. The molecule has 2 amide bonds. The highest BCUT2D eigenvalue weighted by molar-refractivity contribution is 7.13. The van der Waals surface area contributed by atoms with Crippen molar-refractivity contribution in [2.45, 2.75) is 13.0 Å². The molecule has 0 spiro atoms. The van der Waals surface area contributed by atoms with Crippen LogP contribution >= 0.6 is 11.3 Å². The lowest BCUT2D eigenvalue weighted by Crippen LogP contribution is -2.47. The number of aromatic nitrogens is 1. The molecule has 1 aromatic heterocycles. The average Bonchev–Trinajstić information content (AvgIpc) is 3.18. The van der Waals surface area contributed by atoms with Crippen LogP contribution in [0.3, 0.4) is 0 Å². The number of ether oxygens (including phenoxy) is 2. The van der Waals surface area contributed by atoms with E-state index in [2.05, 4.69) is 15.8 Å². The van der Waals surface area contributed by atoms with Crippen LogP contribution in [0, 0.1) is 5.82 Å². The first-order valence-corrected chi connectivity index (χ1v) is 9.21. The predicted octanol–water partition coefficient (Wildman–Crippen LogP) is 1.35. The topological polar surface area (TPSA) is 92.8 Å². The van der Waals surface area contributed by atoms with Crippen LogP contribution in [0.5, 0.6) is 5.75 Å². The molecule has 8 nitrogen and oxygen atoms in total. The minimum Gasteiger partial charge on any atom is -0.481 e. The Hall–Kier alpha value is -2.72. The summed E-state index contributed by atoms with van der Waals surface area (Å²) in [5.41, 5.74) is 4.82. The summed E-state index contributed by atoms with van der Waals surface area (Å²) in [7, 11) is 0. The van der Waals surface area contributed by atoms with Crippen LogP contribution in [0.15, 0.2) is 29.6 Å². The number of carbonyl (C=O) groups excluding carboxylic acids is 2. The Morgan fingerprint density at radius 3 is 2.67 bits per heavy atom. The monoisotopic (exact) mass is 394 g/mol. The molecule has 2 N–H and O–H groups in total. The molecule has 1 aliphatic rings. The van der Waals surface area contributed by atoms with E-state index in [0.29, 0.717) is 19.0 Å². The average molecular weight is 394 g/mol. The summed E-state index contributed by atoms with van der Waals surface area (Å²) in [5.74, 6) is -1.11. The number of morpholine rings is 1. The van der Waals surface area contributed by atoms with Crippen molar-refractivity contribution in [3.63, 3.8) is 0 Å². The molecule has 1 saturated heterocycles. The number of halogens is 1. The number of carbonyl (C=O) groups is 2. The number of hydrazine groups is 1. The van der Waals surface area contributed by atoms with Gasteiger partial charge in [0, 0.05) is 18.5 Å². The van der Waals surface area contributed by atoms with Crippen LogP contribution in [-0.2, 0) is 9.53 Å². The van der Waals surface area contributed by atoms with Gasteiger partial charge in [-0.3, -0.25) is 20.4 Å². The van der Waals surface area contributed by atoms with Crippen LogP contribution in [0.4, 0.5) is 9.52 Å². The van der Waals surface area contributed by atoms with Crippen molar-refractivity contribution >= 4 is 28.3 Å². The van der Waals surface area contributed by atoms with Gasteiger partial charge in [0.2, 0.25) is 0 Å². The van der Waals surface area contributed by atoms with Crippen LogP contribution in [-0.4, -0.2) is 49.2 Å². The number of rotatable bonds is 5. The summed E-state index contributed by atoms with van der Waals surface area (Å²) in [6.45, 7) is 4.23. The smallest absolute Gasteiger partial charge is 0.289 e. The number of nitrogens with zero attached hydrogens (tertiary/aromatic N) is 2. The first-order valence-electron chi connectivity index (χ1n) is 8.33. The zero-order valence-corrected chi connectivity index (χ0v) is 15.4. The lowest BCUT2D eigenvalue weighted by molar-refractivity contribution is -0.128. The lowest BCUT2D eigenvalue weighted by Gasteiger charge is -2.25. The summed E-state index contributed by atoms with van der Waals surface area (Å²) in [6.07, 6.45) is -0.880. The van der Waals surface area contributed by atoms with E-state index in [0.717, 1.165) is 18.2 Å². The second-order valence-electron chi connectivity index (χ2n) is 5.77. The molecule has 3 rings (SSSR count). The first-order chi connectivity index (χ1) is 13.0. The summed E-state index contributed by atoms with van der Waals surface area (Å²) in [4.78, 5) is 30.5. The van der Waals surface area contributed by atoms with Crippen LogP contribution in [0.25, 0.3) is 0 Å². The largest absolute Gasteiger partial charge is 0.481 e. The van der Waals surface area contributed by atoms with Crippen molar-refractivity contribution in [3.8, 4) is 5.75 Å². The van der Waals surface area contributed by atoms with Crippen LogP contribution in [0.2, 0.25) is 0 Å². The van der Waals surface area contributed by atoms with Crippen molar-refractivity contribution in [1.82, 2.24) is 15.8 Å². The van der Waals surface area contributed by atoms with Gasteiger partial charge >= 0.3 is 0 Å². The summed E-state index contributed by atoms with van der Waals surface area (Å²) in [5, 5.41) is 2.37. The van der Waals surface area contributed by atoms with E-state index in [1.165, 1.54) is 42.5 Å². The van der Waals surface area contributed by atoms with Gasteiger partial charge in [-0.15, -0.1) is 11.3 Å². The maximum Gasteiger partial charge on any atom is 0.289 e. The van der Waals surface area contributed by atoms with E-state index in [9.17, 15) is 14.0 Å². The fraction of sp³-hybridized carbons (Fsp3) is 0.353. The molecule has 1 unspecified atom stereocenters. The van der Waals surface area contributed by atoms with E-state index in [1.807, 2.05) is 4.90 Å². The zero-order chi connectivity index (χ0) is 19.2. The van der Waals surface area contributed by atoms with Gasteiger partial charge in [-0.2, -0.15) is 0 Å². The van der Waals surface area contributed by atoms with E-state index in [4.69, 9.17) is 9.47 Å².